The Hall–Kier alpha value is -0.610. The van der Waals surface area contributed by atoms with Gasteiger partial charge in [-0.25, -0.2) is 4.98 Å². The number of anilines is 1. The number of thiazole rings is 1. The molecule has 1 atom stereocenters. The lowest BCUT2D eigenvalue weighted by Gasteiger charge is -2.22. The Morgan fingerprint density at radius 3 is 2.92 bits per heavy atom. The van der Waals surface area contributed by atoms with E-state index in [4.69, 9.17) is 5.73 Å². The summed E-state index contributed by atoms with van der Waals surface area (Å²) in [7, 11) is 0. The van der Waals surface area contributed by atoms with Crippen molar-refractivity contribution in [1.29, 1.82) is 0 Å². The van der Waals surface area contributed by atoms with Crippen molar-refractivity contribution < 1.29 is 0 Å². The Kier molecular flexibility index (Phi) is 4.18. The predicted molar refractivity (Wildman–Crippen MR) is 58.2 cm³/mol. The van der Waals surface area contributed by atoms with Crippen LogP contribution in [-0.2, 0) is 0 Å². The highest BCUT2D eigenvalue weighted by molar-refractivity contribution is 7.13. The molecule has 0 spiro atoms. The molecule has 1 unspecified atom stereocenters. The molecule has 0 aliphatic rings. The molecular formula is C9H17N3S. The Labute approximate surface area is 83.6 Å². The summed E-state index contributed by atoms with van der Waals surface area (Å²) in [5, 5.41) is 3.10. The maximum atomic E-state index is 5.58. The lowest BCUT2D eigenvalue weighted by atomic mass is 10.2. The quantitative estimate of drug-likeness (QED) is 0.782. The Morgan fingerprint density at radius 2 is 2.46 bits per heavy atom. The zero-order chi connectivity index (χ0) is 9.68. The van der Waals surface area contributed by atoms with Crippen molar-refractivity contribution in [3.05, 3.63) is 11.6 Å². The van der Waals surface area contributed by atoms with E-state index in [-0.39, 0.29) is 0 Å². The van der Waals surface area contributed by atoms with Gasteiger partial charge in [0, 0.05) is 24.7 Å². The van der Waals surface area contributed by atoms with E-state index in [1.807, 2.05) is 11.6 Å². The Bertz CT molecular complexity index is 223. The van der Waals surface area contributed by atoms with Crippen LogP contribution >= 0.6 is 11.3 Å². The summed E-state index contributed by atoms with van der Waals surface area (Å²) >= 11 is 1.68. The second-order valence-electron chi connectivity index (χ2n) is 3.19. The molecule has 2 N–H and O–H groups in total. The second kappa shape index (κ2) is 5.19. The van der Waals surface area contributed by atoms with Crippen molar-refractivity contribution in [3.63, 3.8) is 0 Å². The number of hydrogen-bond acceptors (Lipinski definition) is 4. The van der Waals surface area contributed by atoms with Crippen LogP contribution in [0.25, 0.3) is 0 Å². The van der Waals surface area contributed by atoms with Crippen molar-refractivity contribution in [2.24, 2.45) is 11.7 Å². The molecular weight excluding hydrogens is 182 g/mol. The van der Waals surface area contributed by atoms with Gasteiger partial charge in [-0.2, -0.15) is 0 Å². The van der Waals surface area contributed by atoms with Crippen LogP contribution in [0.5, 0.6) is 0 Å². The number of rotatable bonds is 5. The van der Waals surface area contributed by atoms with Gasteiger partial charge in [0.2, 0.25) is 0 Å². The van der Waals surface area contributed by atoms with E-state index < -0.39 is 0 Å². The SMILES string of the molecule is CCN(CC(C)CN)c1nccs1. The van der Waals surface area contributed by atoms with Gasteiger partial charge >= 0.3 is 0 Å². The van der Waals surface area contributed by atoms with E-state index in [9.17, 15) is 0 Å². The highest BCUT2D eigenvalue weighted by Gasteiger charge is 2.09. The fourth-order valence-electron chi connectivity index (χ4n) is 1.17. The third-order valence-electron chi connectivity index (χ3n) is 2.01. The predicted octanol–water partition coefficient (Wildman–Crippen LogP) is 1.56. The first-order valence-electron chi connectivity index (χ1n) is 4.62. The molecule has 4 heteroatoms. The normalized spacial score (nSPS) is 12.8. The molecule has 0 aromatic carbocycles. The van der Waals surface area contributed by atoms with Gasteiger partial charge in [-0.05, 0) is 19.4 Å². The molecule has 0 fully saturated rings. The average molecular weight is 199 g/mol. The van der Waals surface area contributed by atoms with Crippen LogP contribution in [0.4, 0.5) is 5.13 Å². The van der Waals surface area contributed by atoms with E-state index in [0.717, 1.165) is 24.8 Å². The van der Waals surface area contributed by atoms with Gasteiger partial charge in [0.1, 0.15) is 0 Å². The smallest absolute Gasteiger partial charge is 0.185 e. The summed E-state index contributed by atoms with van der Waals surface area (Å²) < 4.78 is 0. The summed E-state index contributed by atoms with van der Waals surface area (Å²) in [6.45, 7) is 7.04. The van der Waals surface area contributed by atoms with Crippen molar-refractivity contribution in [1.82, 2.24) is 4.98 Å². The molecule has 1 heterocycles. The van der Waals surface area contributed by atoms with Crippen molar-refractivity contribution >= 4 is 16.5 Å². The average Bonchev–Trinajstić information content (AvgIpc) is 2.66. The monoisotopic (exact) mass is 199 g/mol. The Balaban J connectivity index is 2.53. The largest absolute Gasteiger partial charge is 0.348 e. The summed E-state index contributed by atoms with van der Waals surface area (Å²) in [5.74, 6) is 0.531. The molecule has 0 aliphatic heterocycles. The van der Waals surface area contributed by atoms with Crippen molar-refractivity contribution in [2.45, 2.75) is 13.8 Å². The third-order valence-corrected chi connectivity index (χ3v) is 2.84. The molecule has 3 nitrogen and oxygen atoms in total. The van der Waals surface area contributed by atoms with E-state index in [1.165, 1.54) is 0 Å². The van der Waals surface area contributed by atoms with Gasteiger partial charge < -0.3 is 10.6 Å². The number of nitrogens with two attached hydrogens (primary N) is 1. The standard InChI is InChI=1S/C9H17N3S/c1-3-12(7-8(2)6-10)9-11-4-5-13-9/h4-5,8H,3,6-7,10H2,1-2H3. The fourth-order valence-corrected chi connectivity index (χ4v) is 1.88. The minimum atomic E-state index is 0.531. The zero-order valence-electron chi connectivity index (χ0n) is 8.23. The first-order chi connectivity index (χ1) is 6.27. The molecule has 1 aromatic heterocycles. The highest BCUT2D eigenvalue weighted by atomic mass is 32.1. The van der Waals surface area contributed by atoms with E-state index in [2.05, 4.69) is 23.7 Å². The van der Waals surface area contributed by atoms with E-state index >= 15 is 0 Å². The molecule has 13 heavy (non-hydrogen) atoms. The van der Waals surface area contributed by atoms with Crippen molar-refractivity contribution in [3.8, 4) is 0 Å². The molecule has 0 radical (unpaired) electrons. The highest BCUT2D eigenvalue weighted by Crippen LogP contribution is 2.17. The first kappa shape index (κ1) is 10.5. The van der Waals surface area contributed by atoms with Crippen LogP contribution in [0.2, 0.25) is 0 Å². The second-order valence-corrected chi connectivity index (χ2v) is 4.07. The molecule has 0 bridgehead atoms. The maximum absolute atomic E-state index is 5.58. The summed E-state index contributed by atoms with van der Waals surface area (Å²) in [4.78, 5) is 6.54. The van der Waals surface area contributed by atoms with Gasteiger partial charge in [0.15, 0.2) is 5.13 Å². The van der Waals surface area contributed by atoms with Gasteiger partial charge in [-0.1, -0.05) is 6.92 Å². The molecule has 74 valence electrons. The zero-order valence-corrected chi connectivity index (χ0v) is 9.05. The van der Waals surface area contributed by atoms with Crippen LogP contribution in [0.3, 0.4) is 0 Å². The van der Waals surface area contributed by atoms with E-state index in [1.54, 1.807) is 11.3 Å². The summed E-state index contributed by atoms with van der Waals surface area (Å²) in [5.41, 5.74) is 5.58. The molecule has 1 aromatic rings. The number of aromatic nitrogens is 1. The van der Waals surface area contributed by atoms with Gasteiger partial charge in [-0.15, -0.1) is 11.3 Å². The molecule has 0 saturated heterocycles. The summed E-state index contributed by atoms with van der Waals surface area (Å²) in [6.07, 6.45) is 1.84. The van der Waals surface area contributed by atoms with Crippen LogP contribution in [0.15, 0.2) is 11.6 Å². The minimum Gasteiger partial charge on any atom is -0.348 e. The van der Waals surface area contributed by atoms with Gasteiger partial charge in [-0.3, -0.25) is 0 Å². The lowest BCUT2D eigenvalue weighted by molar-refractivity contribution is 0.575. The molecule has 0 aliphatic carbocycles. The molecule has 0 amide bonds. The molecule has 1 rings (SSSR count). The van der Waals surface area contributed by atoms with Crippen LogP contribution < -0.4 is 10.6 Å². The van der Waals surface area contributed by atoms with Gasteiger partial charge in [0.25, 0.3) is 0 Å². The lowest BCUT2D eigenvalue weighted by Crippen LogP contribution is -2.31. The van der Waals surface area contributed by atoms with Crippen LogP contribution in [0, 0.1) is 5.92 Å². The summed E-state index contributed by atoms with van der Waals surface area (Å²) in [6, 6.07) is 0. The van der Waals surface area contributed by atoms with Crippen LogP contribution in [-0.4, -0.2) is 24.6 Å². The fraction of sp³-hybridized carbons (Fsp3) is 0.667. The minimum absolute atomic E-state index is 0.531. The van der Waals surface area contributed by atoms with Crippen LogP contribution in [0.1, 0.15) is 13.8 Å². The third kappa shape index (κ3) is 2.97. The topological polar surface area (TPSA) is 42.1 Å². The first-order valence-corrected chi connectivity index (χ1v) is 5.50. The Morgan fingerprint density at radius 1 is 1.69 bits per heavy atom. The van der Waals surface area contributed by atoms with Gasteiger partial charge in [0.05, 0.1) is 0 Å². The number of nitrogens with zero attached hydrogens (tertiary/aromatic N) is 2. The molecule has 0 saturated carbocycles. The van der Waals surface area contributed by atoms with E-state index in [0.29, 0.717) is 5.92 Å². The number of hydrogen-bond donors (Lipinski definition) is 1. The van der Waals surface area contributed by atoms with Crippen molar-refractivity contribution in [2.75, 3.05) is 24.5 Å². The maximum Gasteiger partial charge on any atom is 0.185 e.